The second-order valence-electron chi connectivity index (χ2n) is 14.5. The Hall–Kier alpha value is -3.90. The average Bonchev–Trinajstić information content (AvgIpc) is 3.42. The van der Waals surface area contributed by atoms with Crippen LogP contribution in [0.3, 0.4) is 0 Å². The van der Waals surface area contributed by atoms with E-state index in [1.54, 1.807) is 13.8 Å². The quantitative estimate of drug-likeness (QED) is 0.242. The van der Waals surface area contributed by atoms with Crippen molar-refractivity contribution in [3.63, 3.8) is 0 Å². The molecular formula is C36H49BN4O7. The SMILES string of the molecule is COC(=O)N[C@H](C(=O)N[C@@H](Cc1ccccc1)C(=O)N[C@@H](Cc1ccccc1)C(=O)NCB1O[C@@H]2CC3CC(C3(C)C)[C@]2(C)O1)C(C)C. The molecule has 2 aromatic rings. The summed E-state index contributed by atoms with van der Waals surface area (Å²) in [6.07, 6.45) is 1.85. The van der Waals surface area contributed by atoms with Crippen molar-refractivity contribution in [2.75, 3.05) is 13.6 Å². The fourth-order valence-corrected chi connectivity index (χ4v) is 7.72. The Balaban J connectivity index is 1.29. The van der Waals surface area contributed by atoms with Gasteiger partial charge in [0.15, 0.2) is 0 Å². The first-order valence-electron chi connectivity index (χ1n) is 17.0. The van der Waals surface area contributed by atoms with Crippen LogP contribution in [0, 0.1) is 23.2 Å². The monoisotopic (exact) mass is 660 g/mol. The first-order chi connectivity index (χ1) is 22.8. The van der Waals surface area contributed by atoms with Gasteiger partial charge in [-0.05, 0) is 54.1 Å². The van der Waals surface area contributed by atoms with E-state index in [1.165, 1.54) is 7.11 Å². The van der Waals surface area contributed by atoms with Gasteiger partial charge in [-0.15, -0.1) is 0 Å². The largest absolute Gasteiger partial charge is 0.478 e. The smallest absolute Gasteiger partial charge is 0.453 e. The highest BCUT2D eigenvalue weighted by Gasteiger charge is 2.67. The summed E-state index contributed by atoms with van der Waals surface area (Å²) in [5.74, 6) is -0.737. The predicted molar refractivity (Wildman–Crippen MR) is 181 cm³/mol. The maximum Gasteiger partial charge on any atom is 0.478 e. The van der Waals surface area contributed by atoms with E-state index in [1.807, 2.05) is 60.7 Å². The summed E-state index contributed by atoms with van der Waals surface area (Å²) in [6.45, 7) is 10.3. The third-order valence-electron chi connectivity index (χ3n) is 10.7. The van der Waals surface area contributed by atoms with Gasteiger partial charge in [-0.1, -0.05) is 88.4 Å². The van der Waals surface area contributed by atoms with E-state index in [0.717, 1.165) is 24.0 Å². The summed E-state index contributed by atoms with van der Waals surface area (Å²) >= 11 is 0. The molecule has 2 unspecified atom stereocenters. The molecule has 4 fully saturated rings. The van der Waals surface area contributed by atoms with Gasteiger partial charge in [0.2, 0.25) is 17.7 Å². The summed E-state index contributed by atoms with van der Waals surface area (Å²) < 4.78 is 17.5. The molecule has 3 aliphatic carbocycles. The Kier molecular flexibility index (Phi) is 10.8. The number of alkyl carbamates (subject to hydrolysis) is 1. The van der Waals surface area contributed by atoms with Gasteiger partial charge in [0, 0.05) is 12.8 Å². The Bertz CT molecular complexity index is 1460. The van der Waals surface area contributed by atoms with Gasteiger partial charge in [-0.3, -0.25) is 14.4 Å². The molecule has 2 bridgehead atoms. The van der Waals surface area contributed by atoms with Crippen LogP contribution in [0.2, 0.25) is 0 Å². The highest BCUT2D eigenvalue weighted by Crippen LogP contribution is 2.65. The number of carbonyl (C=O) groups is 4. The number of ether oxygens (including phenoxy) is 1. The Labute approximate surface area is 283 Å². The number of methoxy groups -OCH3 is 1. The van der Waals surface area contributed by atoms with Gasteiger partial charge < -0.3 is 35.3 Å². The summed E-state index contributed by atoms with van der Waals surface area (Å²) in [4.78, 5) is 53.2. The maximum absolute atomic E-state index is 14.0. The van der Waals surface area contributed by atoms with E-state index < -0.39 is 48.8 Å². The van der Waals surface area contributed by atoms with Crippen molar-refractivity contribution in [2.45, 2.75) is 90.1 Å². The van der Waals surface area contributed by atoms with Crippen molar-refractivity contribution in [3.05, 3.63) is 71.8 Å². The zero-order valence-electron chi connectivity index (χ0n) is 28.8. The number of hydrogen-bond donors (Lipinski definition) is 4. The molecule has 6 rings (SSSR count). The lowest BCUT2D eigenvalue weighted by molar-refractivity contribution is -0.199. The standard InChI is InChI=1S/C36H49BN4O7/c1-22(2)30(41-34(45)46-6)33(44)40-27(18-24-15-11-8-12-16-24)32(43)39-26(17-23-13-9-7-10-14-23)31(42)38-21-37-47-29-20-25-19-28(35(25,3)4)36(29,5)48-37/h7-16,22,25-30H,17-21H2,1-6H3,(H,38,42)(H,39,43)(H,40,44)(H,41,45)/t25?,26-,27-,28?,29+,30-,36-/m0/s1. The van der Waals surface area contributed by atoms with Crippen molar-refractivity contribution in [1.82, 2.24) is 21.3 Å². The van der Waals surface area contributed by atoms with Gasteiger partial charge in [0.1, 0.15) is 18.1 Å². The second-order valence-corrected chi connectivity index (χ2v) is 14.5. The van der Waals surface area contributed by atoms with E-state index in [9.17, 15) is 19.2 Å². The average molecular weight is 661 g/mol. The molecule has 4 N–H and O–H groups in total. The van der Waals surface area contributed by atoms with Crippen molar-refractivity contribution in [2.24, 2.45) is 23.2 Å². The topological polar surface area (TPSA) is 144 Å². The summed E-state index contributed by atoms with van der Waals surface area (Å²) in [5.41, 5.74) is 1.48. The van der Waals surface area contributed by atoms with Crippen LogP contribution in [-0.4, -0.2) is 74.3 Å². The molecule has 4 aliphatic rings. The molecule has 7 atom stereocenters. The second kappa shape index (κ2) is 14.7. The lowest BCUT2D eigenvalue weighted by Gasteiger charge is -2.64. The van der Waals surface area contributed by atoms with E-state index in [0.29, 0.717) is 11.8 Å². The minimum absolute atomic E-state index is 0.0123. The zero-order chi connectivity index (χ0) is 34.6. The van der Waals surface area contributed by atoms with Gasteiger partial charge in [-0.25, -0.2) is 4.79 Å². The molecule has 3 saturated carbocycles. The van der Waals surface area contributed by atoms with E-state index in [-0.39, 0.29) is 42.6 Å². The van der Waals surface area contributed by atoms with Crippen LogP contribution in [0.15, 0.2) is 60.7 Å². The lowest BCUT2D eigenvalue weighted by atomic mass is 9.43. The van der Waals surface area contributed by atoms with E-state index in [4.69, 9.17) is 14.0 Å². The first kappa shape index (κ1) is 35.4. The van der Waals surface area contributed by atoms with E-state index in [2.05, 4.69) is 42.0 Å². The summed E-state index contributed by atoms with van der Waals surface area (Å²) in [5, 5.41) is 11.2. The van der Waals surface area contributed by atoms with Gasteiger partial charge in [0.25, 0.3) is 0 Å². The molecule has 1 aliphatic heterocycles. The van der Waals surface area contributed by atoms with Crippen LogP contribution in [0.1, 0.15) is 58.6 Å². The van der Waals surface area contributed by atoms with Gasteiger partial charge in [-0.2, -0.15) is 0 Å². The van der Waals surface area contributed by atoms with Crippen LogP contribution >= 0.6 is 0 Å². The summed E-state index contributed by atoms with van der Waals surface area (Å²) in [7, 11) is 0.628. The number of hydrogen-bond acceptors (Lipinski definition) is 7. The van der Waals surface area contributed by atoms with Crippen LogP contribution in [0.25, 0.3) is 0 Å². The number of nitrogens with one attached hydrogen (secondary N) is 4. The zero-order valence-corrected chi connectivity index (χ0v) is 28.8. The molecule has 1 heterocycles. The fraction of sp³-hybridized carbons (Fsp3) is 0.556. The molecular weight excluding hydrogens is 611 g/mol. The molecule has 0 radical (unpaired) electrons. The van der Waals surface area contributed by atoms with Crippen molar-refractivity contribution < 1.29 is 33.2 Å². The van der Waals surface area contributed by atoms with Gasteiger partial charge >= 0.3 is 13.2 Å². The number of benzene rings is 2. The highest BCUT2D eigenvalue weighted by atomic mass is 16.7. The minimum Gasteiger partial charge on any atom is -0.453 e. The normalized spacial score (nSPS) is 25.5. The molecule has 1 saturated heterocycles. The maximum atomic E-state index is 14.0. The Morgan fingerprint density at radius 1 is 0.833 bits per heavy atom. The Morgan fingerprint density at radius 2 is 1.40 bits per heavy atom. The molecule has 48 heavy (non-hydrogen) atoms. The Morgan fingerprint density at radius 3 is 1.94 bits per heavy atom. The number of rotatable bonds is 13. The van der Waals surface area contributed by atoms with Crippen molar-refractivity contribution in [3.8, 4) is 0 Å². The van der Waals surface area contributed by atoms with Gasteiger partial charge in [0.05, 0.1) is 25.3 Å². The highest BCUT2D eigenvalue weighted by molar-refractivity contribution is 6.46. The number of carbonyl (C=O) groups excluding carboxylic acids is 4. The molecule has 258 valence electrons. The minimum atomic E-state index is -1.04. The van der Waals surface area contributed by atoms with E-state index >= 15 is 0 Å². The molecule has 4 amide bonds. The lowest BCUT2D eigenvalue weighted by Crippen LogP contribution is -2.65. The third kappa shape index (κ3) is 7.70. The first-order valence-corrected chi connectivity index (χ1v) is 17.0. The van der Waals surface area contributed by atoms with Crippen LogP contribution < -0.4 is 21.3 Å². The summed E-state index contributed by atoms with van der Waals surface area (Å²) in [6, 6.07) is 15.8. The number of amides is 4. The molecule has 0 aromatic heterocycles. The fourth-order valence-electron chi connectivity index (χ4n) is 7.72. The van der Waals surface area contributed by atoms with Crippen LogP contribution in [0.5, 0.6) is 0 Å². The molecule has 12 heteroatoms. The van der Waals surface area contributed by atoms with Crippen molar-refractivity contribution >= 4 is 30.9 Å². The van der Waals surface area contributed by atoms with Crippen LogP contribution in [0.4, 0.5) is 4.79 Å². The molecule has 0 spiro atoms. The molecule has 11 nitrogen and oxygen atoms in total. The predicted octanol–water partition coefficient (Wildman–Crippen LogP) is 3.21. The third-order valence-corrected chi connectivity index (χ3v) is 10.7. The molecule has 2 aromatic carbocycles. The van der Waals surface area contributed by atoms with Crippen LogP contribution in [-0.2, 0) is 41.3 Å². The van der Waals surface area contributed by atoms with Crippen molar-refractivity contribution in [1.29, 1.82) is 0 Å².